The van der Waals surface area contributed by atoms with Crippen molar-refractivity contribution in [1.82, 2.24) is 0 Å². The van der Waals surface area contributed by atoms with Crippen LogP contribution in [0.2, 0.25) is 0 Å². The first kappa shape index (κ1) is 14.2. The number of thioether (sulfide) groups is 2. The van der Waals surface area contributed by atoms with E-state index < -0.39 is 0 Å². The van der Waals surface area contributed by atoms with Gasteiger partial charge < -0.3 is 5.11 Å². The van der Waals surface area contributed by atoms with Gasteiger partial charge in [0.2, 0.25) is 0 Å². The van der Waals surface area contributed by atoms with Crippen LogP contribution in [0.1, 0.15) is 25.7 Å². The second-order valence-electron chi connectivity index (χ2n) is 4.25. The summed E-state index contributed by atoms with van der Waals surface area (Å²) in [5.41, 5.74) is 0.161. The van der Waals surface area contributed by atoms with E-state index in [9.17, 15) is 5.11 Å². The number of hydrogen-bond donors (Lipinski definition) is 1. The lowest BCUT2D eigenvalue weighted by Gasteiger charge is -2.40. The van der Waals surface area contributed by atoms with E-state index in [1.807, 2.05) is 35.7 Å². The van der Waals surface area contributed by atoms with Gasteiger partial charge in [-0.15, -0.1) is 36.7 Å². The summed E-state index contributed by atoms with van der Waals surface area (Å²) >= 11 is 4.09. The minimum Gasteiger partial charge on any atom is -0.396 e. The Bertz CT molecular complexity index is 212. The molecule has 1 aliphatic heterocycles. The Hall–Kier alpha value is 0.140. The van der Waals surface area contributed by atoms with Gasteiger partial charge in [0.15, 0.2) is 0 Å². The molecule has 1 rings (SSSR count). The Balaban J connectivity index is 2.78. The molecule has 0 amide bonds. The van der Waals surface area contributed by atoms with Crippen molar-refractivity contribution in [2.45, 2.75) is 30.3 Å². The fourth-order valence-corrected chi connectivity index (χ4v) is 5.76. The molecule has 1 fully saturated rings. The minimum absolute atomic E-state index is 0.161. The Morgan fingerprint density at radius 2 is 1.75 bits per heavy atom. The van der Waals surface area contributed by atoms with Gasteiger partial charge in [-0.3, -0.25) is 0 Å². The van der Waals surface area contributed by atoms with Crippen LogP contribution < -0.4 is 0 Å². The van der Waals surface area contributed by atoms with Crippen molar-refractivity contribution in [2.24, 2.45) is 5.41 Å². The van der Waals surface area contributed by atoms with Gasteiger partial charge in [0, 0.05) is 12.0 Å². The summed E-state index contributed by atoms with van der Waals surface area (Å²) in [6.07, 6.45) is 8.11. The molecule has 0 aromatic heterocycles. The lowest BCUT2D eigenvalue weighted by Crippen LogP contribution is -2.33. The normalized spacial score (nSPS) is 18.3. The standard InChI is InChI=1S/C13H22OS2/c1-3-6-13(7-4-2,8-9-14)12-15-10-5-11-16-12/h3-4,12,14H,1-2,5-11H2. The topological polar surface area (TPSA) is 20.2 Å². The van der Waals surface area contributed by atoms with Crippen LogP contribution in [-0.2, 0) is 0 Å². The van der Waals surface area contributed by atoms with Crippen LogP contribution in [0.25, 0.3) is 0 Å². The van der Waals surface area contributed by atoms with Crippen LogP contribution in [0.5, 0.6) is 0 Å². The molecule has 1 saturated heterocycles. The predicted octanol–water partition coefficient (Wildman–Crippen LogP) is 3.70. The fourth-order valence-electron chi connectivity index (χ4n) is 2.24. The van der Waals surface area contributed by atoms with Crippen molar-refractivity contribution in [3.8, 4) is 0 Å². The van der Waals surface area contributed by atoms with E-state index in [4.69, 9.17) is 0 Å². The van der Waals surface area contributed by atoms with E-state index in [0.717, 1.165) is 19.3 Å². The van der Waals surface area contributed by atoms with E-state index in [1.54, 1.807) is 0 Å². The molecule has 0 spiro atoms. The average Bonchev–Trinajstić information content (AvgIpc) is 2.31. The highest BCUT2D eigenvalue weighted by Crippen LogP contribution is 2.49. The summed E-state index contributed by atoms with van der Waals surface area (Å²) in [5.74, 6) is 2.50. The SMILES string of the molecule is C=CCC(CC=C)(CCO)C1SCCCS1. The molecule has 3 heteroatoms. The zero-order valence-electron chi connectivity index (χ0n) is 9.86. The predicted molar refractivity (Wildman–Crippen MR) is 77.1 cm³/mol. The van der Waals surface area contributed by atoms with Gasteiger partial charge in [-0.2, -0.15) is 0 Å². The highest BCUT2D eigenvalue weighted by molar-refractivity contribution is 8.17. The lowest BCUT2D eigenvalue weighted by atomic mass is 9.80. The van der Waals surface area contributed by atoms with Gasteiger partial charge in [0.25, 0.3) is 0 Å². The Kier molecular flexibility index (Phi) is 6.62. The molecule has 0 aromatic rings. The number of aliphatic hydroxyl groups excluding tert-OH is 1. The van der Waals surface area contributed by atoms with Gasteiger partial charge in [-0.1, -0.05) is 12.2 Å². The molecule has 92 valence electrons. The molecule has 0 atom stereocenters. The zero-order chi connectivity index (χ0) is 11.9. The fraction of sp³-hybridized carbons (Fsp3) is 0.692. The largest absolute Gasteiger partial charge is 0.396 e. The quantitative estimate of drug-likeness (QED) is 0.703. The monoisotopic (exact) mass is 258 g/mol. The van der Waals surface area contributed by atoms with Crippen LogP contribution in [0, 0.1) is 5.41 Å². The molecule has 1 aliphatic rings. The highest BCUT2D eigenvalue weighted by atomic mass is 32.2. The van der Waals surface area contributed by atoms with Crippen molar-refractivity contribution < 1.29 is 5.11 Å². The molecule has 16 heavy (non-hydrogen) atoms. The number of aliphatic hydroxyl groups is 1. The van der Waals surface area contributed by atoms with Crippen LogP contribution in [0.15, 0.2) is 25.3 Å². The summed E-state index contributed by atoms with van der Waals surface area (Å²) in [7, 11) is 0. The first-order chi connectivity index (χ1) is 7.79. The average molecular weight is 258 g/mol. The van der Waals surface area contributed by atoms with E-state index >= 15 is 0 Å². The van der Waals surface area contributed by atoms with Crippen molar-refractivity contribution in [1.29, 1.82) is 0 Å². The van der Waals surface area contributed by atoms with Gasteiger partial charge in [-0.25, -0.2) is 0 Å². The summed E-state index contributed by atoms with van der Waals surface area (Å²) in [4.78, 5) is 0. The van der Waals surface area contributed by atoms with Crippen molar-refractivity contribution in [2.75, 3.05) is 18.1 Å². The van der Waals surface area contributed by atoms with Crippen LogP contribution in [-0.4, -0.2) is 27.8 Å². The third kappa shape index (κ3) is 3.57. The smallest absolute Gasteiger partial charge is 0.0565 e. The number of allylic oxidation sites excluding steroid dienone is 2. The first-order valence-corrected chi connectivity index (χ1v) is 7.94. The summed E-state index contributed by atoms with van der Waals surface area (Å²) in [6, 6.07) is 0. The molecule has 1 nitrogen and oxygen atoms in total. The first-order valence-electron chi connectivity index (χ1n) is 5.85. The maximum atomic E-state index is 9.30. The maximum Gasteiger partial charge on any atom is 0.0565 e. The zero-order valence-corrected chi connectivity index (χ0v) is 11.5. The van der Waals surface area contributed by atoms with Crippen molar-refractivity contribution >= 4 is 23.5 Å². The lowest BCUT2D eigenvalue weighted by molar-refractivity contribution is 0.197. The molecular weight excluding hydrogens is 236 g/mol. The second kappa shape index (κ2) is 7.46. The van der Waals surface area contributed by atoms with Gasteiger partial charge in [0.1, 0.15) is 0 Å². The third-order valence-electron chi connectivity index (χ3n) is 3.04. The minimum atomic E-state index is 0.161. The van der Waals surface area contributed by atoms with E-state index in [0.29, 0.717) is 4.58 Å². The molecule has 0 aliphatic carbocycles. The van der Waals surface area contributed by atoms with Crippen molar-refractivity contribution in [3.05, 3.63) is 25.3 Å². The van der Waals surface area contributed by atoms with Gasteiger partial charge in [-0.05, 0) is 37.2 Å². The Morgan fingerprint density at radius 3 is 2.19 bits per heavy atom. The van der Waals surface area contributed by atoms with E-state index in [1.165, 1.54) is 17.9 Å². The second-order valence-corrected chi connectivity index (χ2v) is 6.97. The molecule has 0 unspecified atom stereocenters. The van der Waals surface area contributed by atoms with E-state index in [2.05, 4.69) is 13.2 Å². The van der Waals surface area contributed by atoms with E-state index in [-0.39, 0.29) is 12.0 Å². The maximum absolute atomic E-state index is 9.30. The molecule has 0 bridgehead atoms. The van der Waals surface area contributed by atoms with Crippen LogP contribution in [0.4, 0.5) is 0 Å². The van der Waals surface area contributed by atoms with Crippen LogP contribution >= 0.6 is 23.5 Å². The number of hydrogen-bond acceptors (Lipinski definition) is 3. The molecule has 0 saturated carbocycles. The van der Waals surface area contributed by atoms with Crippen molar-refractivity contribution in [3.63, 3.8) is 0 Å². The molecule has 1 N–H and O–H groups in total. The summed E-state index contributed by atoms with van der Waals surface area (Å²) in [5, 5.41) is 9.30. The molecule has 0 aromatic carbocycles. The van der Waals surface area contributed by atoms with Gasteiger partial charge in [0.05, 0.1) is 4.58 Å². The molecule has 1 heterocycles. The van der Waals surface area contributed by atoms with Gasteiger partial charge >= 0.3 is 0 Å². The molecular formula is C13H22OS2. The third-order valence-corrected chi connectivity index (χ3v) is 6.51. The summed E-state index contributed by atoms with van der Waals surface area (Å²) in [6.45, 7) is 8.00. The number of rotatable bonds is 7. The summed E-state index contributed by atoms with van der Waals surface area (Å²) < 4.78 is 0.587. The molecule has 0 radical (unpaired) electrons. The Labute approximate surface area is 108 Å². The Morgan fingerprint density at radius 1 is 1.19 bits per heavy atom. The highest BCUT2D eigenvalue weighted by Gasteiger charge is 2.37. The van der Waals surface area contributed by atoms with Crippen LogP contribution in [0.3, 0.4) is 0 Å².